The summed E-state index contributed by atoms with van der Waals surface area (Å²) in [7, 11) is 1.57. The number of aryl methyl sites for hydroxylation is 1. The van der Waals surface area contributed by atoms with Crippen LogP contribution in [0.5, 0.6) is 5.88 Å². The van der Waals surface area contributed by atoms with Crippen molar-refractivity contribution in [3.05, 3.63) is 23.5 Å². The molecule has 2 heterocycles. The van der Waals surface area contributed by atoms with E-state index >= 15 is 0 Å². The molecule has 0 spiro atoms. The molecule has 0 aliphatic carbocycles. The van der Waals surface area contributed by atoms with Crippen molar-refractivity contribution >= 4 is 0 Å². The van der Waals surface area contributed by atoms with Gasteiger partial charge in [0.1, 0.15) is 5.76 Å². The summed E-state index contributed by atoms with van der Waals surface area (Å²) in [5.74, 6) is 3.23. The highest BCUT2D eigenvalue weighted by Gasteiger charge is 2.15. The molecule has 0 amide bonds. The Morgan fingerprint density at radius 1 is 1.21 bits per heavy atom. The van der Waals surface area contributed by atoms with Crippen LogP contribution < -0.4 is 4.74 Å². The number of ether oxygens (including phenoxy) is 1. The maximum Gasteiger partial charge on any atom is 0.254 e. The highest BCUT2D eigenvalue weighted by Crippen LogP contribution is 2.24. The van der Waals surface area contributed by atoms with E-state index in [2.05, 4.69) is 22.2 Å². The van der Waals surface area contributed by atoms with E-state index in [-0.39, 0.29) is 11.8 Å². The molecule has 1 unspecified atom stereocenters. The Hall–Kier alpha value is -1.85. The van der Waals surface area contributed by atoms with Gasteiger partial charge in [0.25, 0.3) is 5.88 Å². The van der Waals surface area contributed by atoms with Crippen LogP contribution in [0, 0.1) is 0 Å². The van der Waals surface area contributed by atoms with E-state index in [1.54, 1.807) is 13.2 Å². The number of nitrogens with zero attached hydrogens (tertiary/aromatic N) is 3. The van der Waals surface area contributed by atoms with Gasteiger partial charge in [-0.3, -0.25) is 0 Å². The van der Waals surface area contributed by atoms with Crippen LogP contribution in [0.15, 0.2) is 15.1 Å². The van der Waals surface area contributed by atoms with Crippen LogP contribution in [0.3, 0.4) is 0 Å². The van der Waals surface area contributed by atoms with Crippen molar-refractivity contribution in [3.8, 4) is 5.88 Å². The van der Waals surface area contributed by atoms with E-state index < -0.39 is 0 Å². The summed E-state index contributed by atoms with van der Waals surface area (Å²) in [4.78, 5) is 4.35. The molecule has 0 saturated carbocycles. The lowest BCUT2D eigenvalue weighted by Crippen LogP contribution is -1.97. The summed E-state index contributed by atoms with van der Waals surface area (Å²) in [6.07, 6.45) is 1.62. The Balaban J connectivity index is 1.90. The molecular weight excluding hydrogens is 246 g/mol. The molecule has 6 nitrogen and oxygen atoms in total. The highest BCUT2D eigenvalue weighted by atomic mass is 16.5. The molecule has 2 rings (SSSR count). The molecule has 104 valence electrons. The van der Waals surface area contributed by atoms with Crippen LogP contribution in [0.2, 0.25) is 0 Å². The Morgan fingerprint density at radius 2 is 2.00 bits per heavy atom. The molecule has 1 atom stereocenters. The van der Waals surface area contributed by atoms with Gasteiger partial charge in [-0.1, -0.05) is 25.9 Å². The maximum absolute atomic E-state index is 5.21. The van der Waals surface area contributed by atoms with Crippen LogP contribution in [0.25, 0.3) is 0 Å². The number of aromatic nitrogens is 3. The van der Waals surface area contributed by atoms with E-state index in [4.69, 9.17) is 13.8 Å². The summed E-state index contributed by atoms with van der Waals surface area (Å²) < 4.78 is 15.4. The number of rotatable bonds is 6. The van der Waals surface area contributed by atoms with Crippen molar-refractivity contribution in [1.29, 1.82) is 0 Å². The Labute approximate surface area is 112 Å². The minimum atomic E-state index is 0.234. The molecule has 2 aromatic rings. The lowest BCUT2D eigenvalue weighted by atomic mass is 10.0. The first-order chi connectivity index (χ1) is 9.10. The van der Waals surface area contributed by atoms with Gasteiger partial charge in [-0.15, -0.1) is 0 Å². The van der Waals surface area contributed by atoms with Gasteiger partial charge in [0.2, 0.25) is 5.89 Å². The van der Waals surface area contributed by atoms with Gasteiger partial charge >= 0.3 is 0 Å². The molecular formula is C13H19N3O3. The smallest absolute Gasteiger partial charge is 0.254 e. The van der Waals surface area contributed by atoms with Gasteiger partial charge in [-0.2, -0.15) is 4.98 Å². The van der Waals surface area contributed by atoms with E-state index in [1.807, 2.05) is 13.8 Å². The number of hydrogen-bond donors (Lipinski definition) is 0. The molecule has 0 N–H and O–H groups in total. The SMILES string of the molecule is COc1cc(C(C)CCc2noc(C(C)C)n2)on1. The molecule has 0 radical (unpaired) electrons. The Morgan fingerprint density at radius 3 is 2.58 bits per heavy atom. The normalized spacial score (nSPS) is 12.9. The van der Waals surface area contributed by atoms with Crippen molar-refractivity contribution in [1.82, 2.24) is 15.3 Å². The summed E-state index contributed by atoms with van der Waals surface area (Å²) in [6, 6.07) is 1.81. The van der Waals surface area contributed by atoms with Gasteiger partial charge in [-0.05, 0) is 11.6 Å². The van der Waals surface area contributed by atoms with Crippen LogP contribution in [-0.4, -0.2) is 22.4 Å². The third-order valence-corrected chi connectivity index (χ3v) is 2.98. The fourth-order valence-corrected chi connectivity index (χ4v) is 1.69. The van der Waals surface area contributed by atoms with E-state index in [9.17, 15) is 0 Å². The van der Waals surface area contributed by atoms with Gasteiger partial charge in [-0.25, -0.2) is 0 Å². The van der Waals surface area contributed by atoms with E-state index in [0.717, 1.165) is 24.4 Å². The van der Waals surface area contributed by atoms with E-state index in [0.29, 0.717) is 11.8 Å². The van der Waals surface area contributed by atoms with Gasteiger partial charge in [0.05, 0.1) is 7.11 Å². The average molecular weight is 265 g/mol. The second-order valence-electron chi connectivity index (χ2n) is 4.91. The minimum absolute atomic E-state index is 0.234. The quantitative estimate of drug-likeness (QED) is 0.799. The van der Waals surface area contributed by atoms with Crippen LogP contribution in [-0.2, 0) is 6.42 Å². The average Bonchev–Trinajstić information content (AvgIpc) is 3.04. The Kier molecular flexibility index (Phi) is 4.19. The predicted octanol–water partition coefficient (Wildman–Crippen LogP) is 2.93. The second kappa shape index (κ2) is 5.86. The van der Waals surface area contributed by atoms with Gasteiger partial charge in [0, 0.05) is 24.3 Å². The van der Waals surface area contributed by atoms with Crippen molar-refractivity contribution < 1.29 is 13.8 Å². The first-order valence-electron chi connectivity index (χ1n) is 6.43. The standard InChI is InChI=1S/C13H19N3O3/c1-8(2)13-14-11(15-19-13)6-5-9(3)10-7-12(17-4)16-18-10/h7-9H,5-6H2,1-4H3. The van der Waals surface area contributed by atoms with E-state index in [1.165, 1.54) is 0 Å². The largest absolute Gasteiger partial charge is 0.479 e. The predicted molar refractivity (Wildman–Crippen MR) is 68.2 cm³/mol. The monoisotopic (exact) mass is 265 g/mol. The zero-order valence-corrected chi connectivity index (χ0v) is 11.7. The topological polar surface area (TPSA) is 74.2 Å². The minimum Gasteiger partial charge on any atom is -0.479 e. The third-order valence-electron chi connectivity index (χ3n) is 2.98. The van der Waals surface area contributed by atoms with Crippen LogP contribution >= 0.6 is 0 Å². The maximum atomic E-state index is 5.21. The molecule has 0 aliphatic rings. The lowest BCUT2D eigenvalue weighted by molar-refractivity contribution is 0.316. The summed E-state index contributed by atoms with van der Waals surface area (Å²) in [5, 5.41) is 7.76. The number of hydrogen-bond acceptors (Lipinski definition) is 6. The zero-order chi connectivity index (χ0) is 13.8. The fourth-order valence-electron chi connectivity index (χ4n) is 1.69. The molecule has 6 heteroatoms. The summed E-state index contributed by atoms with van der Waals surface area (Å²) in [5.41, 5.74) is 0. The molecule has 0 aromatic carbocycles. The van der Waals surface area contributed by atoms with Crippen molar-refractivity contribution in [2.45, 2.75) is 45.4 Å². The molecule has 0 saturated heterocycles. The fraction of sp³-hybridized carbons (Fsp3) is 0.615. The third kappa shape index (κ3) is 3.33. The van der Waals surface area contributed by atoms with Gasteiger partial charge < -0.3 is 13.8 Å². The summed E-state index contributed by atoms with van der Waals surface area (Å²) >= 11 is 0. The number of methoxy groups -OCH3 is 1. The molecule has 0 aliphatic heterocycles. The lowest BCUT2D eigenvalue weighted by Gasteiger charge is -2.04. The van der Waals surface area contributed by atoms with Gasteiger partial charge in [0.15, 0.2) is 5.82 Å². The molecule has 0 fully saturated rings. The summed E-state index contributed by atoms with van der Waals surface area (Å²) in [6.45, 7) is 6.13. The van der Waals surface area contributed by atoms with Crippen LogP contribution in [0.4, 0.5) is 0 Å². The Bertz CT molecular complexity index is 519. The molecule has 0 bridgehead atoms. The molecule has 2 aromatic heterocycles. The first kappa shape index (κ1) is 13.6. The van der Waals surface area contributed by atoms with Crippen molar-refractivity contribution in [2.24, 2.45) is 0 Å². The van der Waals surface area contributed by atoms with Crippen molar-refractivity contribution in [3.63, 3.8) is 0 Å². The highest BCUT2D eigenvalue weighted by molar-refractivity contribution is 5.14. The van der Waals surface area contributed by atoms with Crippen LogP contribution in [0.1, 0.15) is 56.5 Å². The first-order valence-corrected chi connectivity index (χ1v) is 6.43. The zero-order valence-electron chi connectivity index (χ0n) is 11.7. The molecule has 19 heavy (non-hydrogen) atoms. The second-order valence-corrected chi connectivity index (χ2v) is 4.91. The van der Waals surface area contributed by atoms with Crippen molar-refractivity contribution in [2.75, 3.05) is 7.11 Å².